The third-order valence-electron chi connectivity index (χ3n) is 12.7. The maximum absolute atomic E-state index is 12.6. The highest BCUT2D eigenvalue weighted by atomic mass is 19.4. The van der Waals surface area contributed by atoms with E-state index >= 15 is 0 Å². The number of carboxylic acids is 2. The first kappa shape index (κ1) is 47.3. The predicted octanol–water partition coefficient (Wildman–Crippen LogP) is 7.74. The summed E-state index contributed by atoms with van der Waals surface area (Å²) in [6.07, 6.45) is 6.62. The Morgan fingerprint density at radius 3 is 2.00 bits per heavy atom. The number of rotatable bonds is 11. The van der Waals surface area contributed by atoms with E-state index in [1.807, 2.05) is 0 Å². The summed E-state index contributed by atoms with van der Waals surface area (Å²) in [5, 5.41) is 16.9. The van der Waals surface area contributed by atoms with Crippen LogP contribution in [0.3, 0.4) is 0 Å². The van der Waals surface area contributed by atoms with Gasteiger partial charge in [0.2, 0.25) is 0 Å². The van der Waals surface area contributed by atoms with Crippen molar-refractivity contribution in [2.75, 3.05) is 6.54 Å². The number of halogens is 6. The molecule has 4 aliphatic rings. The van der Waals surface area contributed by atoms with Crippen LogP contribution in [-0.4, -0.2) is 64.7 Å². The first-order valence-corrected chi connectivity index (χ1v) is 19.1. The molecule has 0 spiro atoms. The van der Waals surface area contributed by atoms with Crippen LogP contribution in [0.5, 0.6) is 0 Å². The fourth-order valence-electron chi connectivity index (χ4n) is 9.60. The number of ether oxygens (including phenoxy) is 1. The molecule has 1 amide bonds. The van der Waals surface area contributed by atoms with Gasteiger partial charge in [-0.25, -0.2) is 9.59 Å². The van der Waals surface area contributed by atoms with Crippen LogP contribution in [0.2, 0.25) is 0 Å². The molecule has 8 atom stereocenters. The monoisotopic (exact) mass is 785 g/mol. The highest BCUT2D eigenvalue weighted by Crippen LogP contribution is 2.67. The Morgan fingerprint density at radius 2 is 1.48 bits per heavy atom. The number of hydrogen-bond donors (Lipinski definition) is 5. The molecule has 4 rings (SSSR count). The van der Waals surface area contributed by atoms with E-state index in [9.17, 15) is 35.9 Å². The lowest BCUT2D eigenvalue weighted by Crippen LogP contribution is -2.60. The van der Waals surface area contributed by atoms with Crippen molar-refractivity contribution >= 4 is 23.8 Å². The number of alkyl halides is 6. The van der Waals surface area contributed by atoms with Crippen molar-refractivity contribution in [3.8, 4) is 0 Å². The van der Waals surface area contributed by atoms with Crippen LogP contribution in [0.15, 0.2) is 11.6 Å². The van der Waals surface area contributed by atoms with Gasteiger partial charge in [0.1, 0.15) is 11.8 Å². The molecule has 7 N–H and O–H groups in total. The molecule has 3 fully saturated rings. The average Bonchev–Trinajstić information content (AvgIpc) is 3.41. The summed E-state index contributed by atoms with van der Waals surface area (Å²) >= 11 is 0. The minimum absolute atomic E-state index is 0.0609. The molecule has 0 bridgehead atoms. The van der Waals surface area contributed by atoms with Crippen LogP contribution in [0, 0.1) is 46.3 Å². The smallest absolute Gasteiger partial charge is 0.475 e. The second-order valence-corrected chi connectivity index (χ2v) is 16.7. The van der Waals surface area contributed by atoms with Gasteiger partial charge in [-0.15, -0.1) is 0 Å². The summed E-state index contributed by atoms with van der Waals surface area (Å²) in [6.45, 7) is 14.4. The summed E-state index contributed by atoms with van der Waals surface area (Å²) in [7, 11) is 0. The Bertz CT molecular complexity index is 1310. The summed E-state index contributed by atoms with van der Waals surface area (Å²) in [5.41, 5.74) is 12.4. The van der Waals surface area contributed by atoms with Gasteiger partial charge in [0, 0.05) is 13.0 Å². The number of allylic oxidation sites excluding steroid dienone is 1. The Balaban J connectivity index is 0.000000610. The van der Waals surface area contributed by atoms with Gasteiger partial charge in [-0.05, 0) is 97.7 Å². The maximum Gasteiger partial charge on any atom is 0.490 e. The van der Waals surface area contributed by atoms with Crippen LogP contribution in [0.4, 0.5) is 26.3 Å². The summed E-state index contributed by atoms with van der Waals surface area (Å²) in [4.78, 5) is 42.4. The zero-order chi connectivity index (χ0) is 41.4. The van der Waals surface area contributed by atoms with Crippen LogP contribution in [0.1, 0.15) is 125 Å². The Kier molecular flexibility index (Phi) is 16.5. The number of nitrogens with one attached hydrogen (secondary N) is 1. The zero-order valence-electron chi connectivity index (χ0n) is 32.4. The molecule has 16 heteroatoms. The van der Waals surface area contributed by atoms with Crippen molar-refractivity contribution in [2.24, 2.45) is 57.8 Å². The molecule has 0 radical (unpaired) electrons. The van der Waals surface area contributed by atoms with Gasteiger partial charge in [-0.2, -0.15) is 26.3 Å². The minimum Gasteiger partial charge on any atom is -0.475 e. The van der Waals surface area contributed by atoms with E-state index in [2.05, 4.69) is 46.0 Å². The van der Waals surface area contributed by atoms with Gasteiger partial charge in [-0.3, -0.25) is 9.59 Å². The van der Waals surface area contributed by atoms with E-state index in [1.54, 1.807) is 6.92 Å². The molecule has 0 saturated heterocycles. The van der Waals surface area contributed by atoms with Gasteiger partial charge in [-0.1, -0.05) is 72.5 Å². The van der Waals surface area contributed by atoms with Crippen molar-refractivity contribution < 1.29 is 60.5 Å². The zero-order valence-corrected chi connectivity index (χ0v) is 32.4. The van der Waals surface area contributed by atoms with E-state index in [-0.39, 0.29) is 30.5 Å². The molecule has 54 heavy (non-hydrogen) atoms. The van der Waals surface area contributed by atoms with E-state index in [4.69, 9.17) is 36.0 Å². The van der Waals surface area contributed by atoms with Crippen LogP contribution >= 0.6 is 0 Å². The molecule has 0 aromatic rings. The first-order chi connectivity index (χ1) is 24.7. The van der Waals surface area contributed by atoms with Crippen molar-refractivity contribution in [3.63, 3.8) is 0 Å². The lowest BCUT2D eigenvalue weighted by molar-refractivity contribution is -0.193. The quantitative estimate of drug-likeness (QED) is 0.0606. The van der Waals surface area contributed by atoms with Crippen molar-refractivity contribution in [2.45, 2.75) is 149 Å². The topological polar surface area (TPSA) is 182 Å². The van der Waals surface area contributed by atoms with Gasteiger partial charge >= 0.3 is 30.3 Å². The number of nitrogens with two attached hydrogens (primary N) is 2. The summed E-state index contributed by atoms with van der Waals surface area (Å²) in [6, 6.07) is 0. The van der Waals surface area contributed by atoms with Gasteiger partial charge in [0.05, 0.1) is 6.42 Å². The average molecular weight is 786 g/mol. The fraction of sp³-hybridized carbons (Fsp3) is 0.842. The molecule has 10 nitrogen and oxygen atoms in total. The number of esters is 1. The number of hydrogen-bond acceptors (Lipinski definition) is 7. The van der Waals surface area contributed by atoms with Gasteiger partial charge in [0.15, 0.2) is 0 Å². The normalized spacial score (nSPS) is 29.8. The molecule has 0 heterocycles. The van der Waals surface area contributed by atoms with Crippen molar-refractivity contribution in [1.82, 2.24) is 5.32 Å². The molecule has 0 aliphatic heterocycles. The molecule has 312 valence electrons. The van der Waals surface area contributed by atoms with Crippen LogP contribution < -0.4 is 16.8 Å². The molecule has 3 saturated carbocycles. The first-order valence-electron chi connectivity index (χ1n) is 19.1. The predicted molar refractivity (Wildman–Crippen MR) is 189 cm³/mol. The number of carboxylic acid groups (broad SMARTS) is 2. The highest BCUT2D eigenvalue weighted by molar-refractivity contribution is 5.85. The number of fused-ring (bicyclic) bond motifs is 5. The SMILES string of the molecule is CCC(N)(N)C(=O)NCCC(=O)OC1CC[C@@]2(C)C(=CCC3C2CC[C@@]2(C)C3CC[C@@H]2[C@H](C)CCCC(C)C)C1.O=C(O)C(F)(F)F.O=C(O)C(F)(F)F. The summed E-state index contributed by atoms with van der Waals surface area (Å²) in [5.74, 6) is -1.23. The highest BCUT2D eigenvalue weighted by Gasteiger charge is 2.59. The standard InChI is InChI=1S/C34H59N3O3.2C2HF3O2/c1-7-34(35,36)31(39)37-20-17-30(38)40-25-15-18-32(5)24(21-25)11-12-26-28-14-13-27(23(4)10-8-9-22(2)3)33(28,6)19-16-29(26)32;2*3-2(4,5)1(6)7/h11,22-23,25-29H,7-10,12-21,35-36H2,1-6H3,(H,37,39);2*(H,6,7)/t23-,25?,26?,27-,28?,29?,32+,33-;;/m1../s1. The molecule has 0 aromatic heterocycles. The van der Waals surface area contributed by atoms with Crippen LogP contribution in [0.25, 0.3) is 0 Å². The second-order valence-electron chi connectivity index (χ2n) is 16.7. The molecule has 0 aromatic carbocycles. The maximum atomic E-state index is 12.6. The molecule has 4 aliphatic carbocycles. The third-order valence-corrected chi connectivity index (χ3v) is 12.7. The van der Waals surface area contributed by atoms with Gasteiger partial charge in [0.25, 0.3) is 5.91 Å². The number of carbonyl (C=O) groups is 4. The van der Waals surface area contributed by atoms with E-state index in [1.165, 1.54) is 56.9 Å². The van der Waals surface area contributed by atoms with Crippen molar-refractivity contribution in [1.29, 1.82) is 0 Å². The minimum atomic E-state index is -5.08. The fourth-order valence-corrected chi connectivity index (χ4v) is 9.60. The van der Waals surface area contributed by atoms with Crippen molar-refractivity contribution in [3.05, 3.63) is 11.6 Å². The second kappa shape index (κ2) is 18.8. The lowest BCUT2D eigenvalue weighted by atomic mass is 9.47. The molecular weight excluding hydrogens is 724 g/mol. The summed E-state index contributed by atoms with van der Waals surface area (Å²) < 4.78 is 69.4. The Morgan fingerprint density at radius 1 is 0.907 bits per heavy atom. The van der Waals surface area contributed by atoms with Crippen LogP contribution in [-0.2, 0) is 23.9 Å². The lowest BCUT2D eigenvalue weighted by Gasteiger charge is -2.58. The van der Waals surface area contributed by atoms with Gasteiger partial charge < -0.3 is 31.7 Å². The third kappa shape index (κ3) is 12.3. The Hall–Kier alpha value is -2.88. The molecular formula is C38H61F6N3O7. The largest absolute Gasteiger partial charge is 0.490 e. The van der Waals surface area contributed by atoms with E-state index in [0.29, 0.717) is 11.8 Å². The van der Waals surface area contributed by atoms with E-state index < -0.39 is 35.9 Å². The van der Waals surface area contributed by atoms with E-state index in [0.717, 1.165) is 54.8 Å². The Labute approximate surface area is 314 Å². The number of carbonyl (C=O) groups excluding carboxylic acids is 2. The number of aliphatic carboxylic acids is 2. The number of amides is 1. The molecule has 4 unspecified atom stereocenters.